The summed E-state index contributed by atoms with van der Waals surface area (Å²) in [5.74, 6) is 0.347. The van der Waals surface area contributed by atoms with Crippen LogP contribution in [0.5, 0.6) is 0 Å². The molecule has 0 amide bonds. The van der Waals surface area contributed by atoms with Crippen LogP contribution in [0.1, 0.15) is 38.7 Å². The minimum atomic E-state index is -4.58. The van der Waals surface area contributed by atoms with E-state index < -0.39 is 26.5 Å². The van der Waals surface area contributed by atoms with Crippen LogP contribution in [0.2, 0.25) is 0 Å². The molecule has 1 aromatic rings. The number of ether oxygens (including phenoxy) is 1. The van der Waals surface area contributed by atoms with E-state index in [-0.39, 0.29) is 22.6 Å². The Hall–Kier alpha value is -1.08. The van der Waals surface area contributed by atoms with Crippen LogP contribution in [0, 0.1) is 17.8 Å². The molecule has 3 rings (SSSR count). The molecule has 134 valence electrons. The molecule has 0 aromatic heterocycles. The standard InChI is InChI=1S/C17H21F3O3S/c1-11-8-15(12-6-7-12)16(2,23-10-11)24(21,22)14-5-3-4-13(9-14)17(18,19)20/h3-5,9,11-12,15H,6-8,10H2,1-2H3. The zero-order valence-corrected chi connectivity index (χ0v) is 14.5. The van der Waals surface area contributed by atoms with Crippen LogP contribution < -0.4 is 0 Å². The van der Waals surface area contributed by atoms with Gasteiger partial charge >= 0.3 is 6.18 Å². The lowest BCUT2D eigenvalue weighted by Crippen LogP contribution is -2.51. The van der Waals surface area contributed by atoms with Crippen molar-refractivity contribution >= 4 is 9.84 Å². The molecule has 24 heavy (non-hydrogen) atoms. The number of halogens is 3. The van der Waals surface area contributed by atoms with Crippen LogP contribution in [0.15, 0.2) is 29.2 Å². The Morgan fingerprint density at radius 3 is 2.50 bits per heavy atom. The second-order valence-corrected chi connectivity index (χ2v) is 9.43. The van der Waals surface area contributed by atoms with Gasteiger partial charge in [0.05, 0.1) is 17.1 Å². The maximum Gasteiger partial charge on any atom is 0.416 e. The van der Waals surface area contributed by atoms with Crippen LogP contribution in [-0.2, 0) is 20.8 Å². The summed E-state index contributed by atoms with van der Waals surface area (Å²) in [5, 5.41) is 0. The highest BCUT2D eigenvalue weighted by atomic mass is 32.2. The minimum Gasteiger partial charge on any atom is -0.358 e. The molecule has 1 aliphatic heterocycles. The molecular formula is C17H21F3O3S. The monoisotopic (exact) mass is 362 g/mol. The van der Waals surface area contributed by atoms with Gasteiger partial charge in [0.25, 0.3) is 0 Å². The number of benzene rings is 1. The lowest BCUT2D eigenvalue weighted by molar-refractivity contribution is -0.137. The first-order valence-electron chi connectivity index (χ1n) is 8.11. The van der Waals surface area contributed by atoms with Crippen molar-refractivity contribution in [2.24, 2.45) is 17.8 Å². The molecule has 1 saturated heterocycles. The lowest BCUT2D eigenvalue weighted by atomic mass is 9.85. The normalized spacial score (nSPS) is 31.9. The highest BCUT2D eigenvalue weighted by molar-refractivity contribution is 7.92. The van der Waals surface area contributed by atoms with Crippen LogP contribution in [0.4, 0.5) is 13.2 Å². The maximum atomic E-state index is 13.1. The van der Waals surface area contributed by atoms with Crippen molar-refractivity contribution in [3.63, 3.8) is 0 Å². The van der Waals surface area contributed by atoms with E-state index in [0.29, 0.717) is 12.7 Å². The summed E-state index contributed by atoms with van der Waals surface area (Å²) in [4.78, 5) is -1.79. The van der Waals surface area contributed by atoms with Gasteiger partial charge in [-0.05, 0) is 56.2 Å². The molecule has 0 N–H and O–H groups in total. The van der Waals surface area contributed by atoms with Gasteiger partial charge in [-0.3, -0.25) is 0 Å². The topological polar surface area (TPSA) is 43.4 Å². The second-order valence-electron chi connectivity index (χ2n) is 7.14. The molecule has 1 aromatic carbocycles. The summed E-state index contributed by atoms with van der Waals surface area (Å²) in [6, 6.07) is 3.95. The third-order valence-electron chi connectivity index (χ3n) is 5.18. The van der Waals surface area contributed by atoms with E-state index in [1.165, 1.54) is 13.0 Å². The van der Waals surface area contributed by atoms with E-state index in [4.69, 9.17) is 4.74 Å². The zero-order chi connectivity index (χ0) is 17.8. The van der Waals surface area contributed by atoms with Crippen molar-refractivity contribution in [2.75, 3.05) is 6.61 Å². The number of alkyl halides is 3. The van der Waals surface area contributed by atoms with E-state index in [0.717, 1.165) is 31.4 Å². The van der Waals surface area contributed by atoms with Crippen molar-refractivity contribution in [3.8, 4) is 0 Å². The molecule has 2 fully saturated rings. The molecule has 1 saturated carbocycles. The first kappa shape index (κ1) is 17.7. The van der Waals surface area contributed by atoms with Gasteiger partial charge in [-0.2, -0.15) is 13.2 Å². The largest absolute Gasteiger partial charge is 0.416 e. The average molecular weight is 362 g/mol. The smallest absolute Gasteiger partial charge is 0.358 e. The fraction of sp³-hybridized carbons (Fsp3) is 0.647. The van der Waals surface area contributed by atoms with E-state index in [1.807, 2.05) is 6.92 Å². The zero-order valence-electron chi connectivity index (χ0n) is 13.6. The Bertz CT molecular complexity index is 725. The molecule has 0 bridgehead atoms. The van der Waals surface area contributed by atoms with Crippen molar-refractivity contribution < 1.29 is 26.3 Å². The van der Waals surface area contributed by atoms with E-state index in [9.17, 15) is 21.6 Å². The van der Waals surface area contributed by atoms with Crippen LogP contribution in [-0.4, -0.2) is 20.0 Å². The second kappa shape index (κ2) is 5.73. The van der Waals surface area contributed by atoms with E-state index >= 15 is 0 Å². The number of hydrogen-bond donors (Lipinski definition) is 0. The third kappa shape index (κ3) is 2.96. The van der Waals surface area contributed by atoms with Gasteiger partial charge in [0, 0.05) is 5.92 Å². The minimum absolute atomic E-state index is 0.180. The van der Waals surface area contributed by atoms with Gasteiger partial charge in [0.1, 0.15) is 0 Å². The Morgan fingerprint density at radius 1 is 1.25 bits per heavy atom. The summed E-state index contributed by atoms with van der Waals surface area (Å²) in [5.41, 5.74) is -0.959. The van der Waals surface area contributed by atoms with Gasteiger partial charge in [-0.15, -0.1) is 0 Å². The summed E-state index contributed by atoms with van der Waals surface area (Å²) >= 11 is 0. The molecule has 0 spiro atoms. The van der Waals surface area contributed by atoms with Gasteiger partial charge in [-0.1, -0.05) is 13.0 Å². The SMILES string of the molecule is CC1COC(C)(S(=O)(=O)c2cccc(C(F)(F)F)c2)C(C2CC2)C1. The van der Waals surface area contributed by atoms with Gasteiger partial charge in [0.15, 0.2) is 4.93 Å². The Kier molecular flexibility index (Phi) is 4.23. The number of rotatable bonds is 3. The summed E-state index contributed by atoms with van der Waals surface area (Å²) in [7, 11) is -4.04. The van der Waals surface area contributed by atoms with Crippen LogP contribution in [0.25, 0.3) is 0 Å². The van der Waals surface area contributed by atoms with Crippen LogP contribution in [0.3, 0.4) is 0 Å². The molecular weight excluding hydrogens is 341 g/mol. The highest BCUT2D eigenvalue weighted by Crippen LogP contribution is 2.52. The van der Waals surface area contributed by atoms with Gasteiger partial charge < -0.3 is 4.74 Å². The Morgan fingerprint density at radius 2 is 1.92 bits per heavy atom. The summed E-state index contributed by atoms with van der Waals surface area (Å²) in [6.07, 6.45) is -1.95. The Labute approximate surface area is 140 Å². The molecule has 3 unspecified atom stereocenters. The molecule has 0 radical (unpaired) electrons. The van der Waals surface area contributed by atoms with Gasteiger partial charge in [-0.25, -0.2) is 8.42 Å². The van der Waals surface area contributed by atoms with Crippen molar-refractivity contribution in [1.82, 2.24) is 0 Å². The quantitative estimate of drug-likeness (QED) is 0.806. The fourth-order valence-corrected chi connectivity index (χ4v) is 5.52. The molecule has 7 heteroatoms. The van der Waals surface area contributed by atoms with Crippen molar-refractivity contribution in [3.05, 3.63) is 29.8 Å². The summed E-state index contributed by atoms with van der Waals surface area (Å²) < 4.78 is 70.9. The first-order chi connectivity index (χ1) is 11.1. The summed E-state index contributed by atoms with van der Waals surface area (Å²) in [6.45, 7) is 3.83. The molecule has 3 nitrogen and oxygen atoms in total. The Balaban J connectivity index is 2.03. The van der Waals surface area contributed by atoms with Gasteiger partial charge in [0.2, 0.25) is 9.84 Å². The predicted octanol–water partition coefficient (Wildman–Crippen LogP) is 4.28. The van der Waals surface area contributed by atoms with Crippen molar-refractivity contribution in [2.45, 2.75) is 49.1 Å². The number of hydrogen-bond acceptors (Lipinski definition) is 3. The highest BCUT2D eigenvalue weighted by Gasteiger charge is 2.55. The van der Waals surface area contributed by atoms with Crippen molar-refractivity contribution in [1.29, 1.82) is 0 Å². The van der Waals surface area contributed by atoms with E-state index in [1.54, 1.807) is 0 Å². The predicted molar refractivity (Wildman–Crippen MR) is 83.0 cm³/mol. The average Bonchev–Trinajstić information content (AvgIpc) is 3.33. The molecule has 2 aliphatic rings. The fourth-order valence-electron chi connectivity index (χ4n) is 3.60. The first-order valence-corrected chi connectivity index (χ1v) is 9.60. The molecule has 3 atom stereocenters. The maximum absolute atomic E-state index is 13.1. The molecule has 1 aliphatic carbocycles. The molecule has 1 heterocycles. The lowest BCUT2D eigenvalue weighted by Gasteiger charge is -2.43. The van der Waals surface area contributed by atoms with E-state index in [2.05, 4.69) is 0 Å². The van der Waals surface area contributed by atoms with Crippen LogP contribution >= 0.6 is 0 Å². The third-order valence-corrected chi connectivity index (χ3v) is 7.54. The number of sulfone groups is 1.